The number of hydrogen-bond acceptors (Lipinski definition) is 4. The molecule has 5 nitrogen and oxygen atoms in total. The van der Waals surface area contributed by atoms with Crippen LogP contribution in [0.4, 0.5) is 0 Å². The Kier molecular flexibility index (Phi) is 2.82. The molecule has 0 bridgehead atoms. The molecule has 0 spiro atoms. The largest absolute Gasteiger partial charge is 0.493 e. The normalized spacial score (nSPS) is 11.3. The van der Waals surface area contributed by atoms with Crippen molar-refractivity contribution in [2.75, 3.05) is 0 Å². The molecular formula is C15H14N2O3. The first-order valence-electron chi connectivity index (χ1n) is 6.38. The molecule has 2 heterocycles. The molecule has 0 atom stereocenters. The summed E-state index contributed by atoms with van der Waals surface area (Å²) < 4.78 is 5.62. The van der Waals surface area contributed by atoms with Crippen LogP contribution in [0, 0.1) is 0 Å². The molecular weight excluding hydrogens is 256 g/mol. The van der Waals surface area contributed by atoms with Gasteiger partial charge < -0.3 is 14.5 Å². The number of para-hydroxylation sites is 1. The summed E-state index contributed by atoms with van der Waals surface area (Å²) >= 11 is 0. The van der Waals surface area contributed by atoms with Crippen LogP contribution < -0.4 is 5.56 Å². The van der Waals surface area contributed by atoms with Crippen molar-refractivity contribution in [3.05, 3.63) is 46.2 Å². The van der Waals surface area contributed by atoms with Crippen molar-refractivity contribution < 1.29 is 9.52 Å². The van der Waals surface area contributed by atoms with Crippen molar-refractivity contribution in [3.63, 3.8) is 0 Å². The zero-order valence-electron chi connectivity index (χ0n) is 11.2. The Hall–Kier alpha value is -2.56. The number of nitrogens with one attached hydrogen (secondary N) is 1. The third kappa shape index (κ3) is 1.97. The molecule has 0 aliphatic carbocycles. The zero-order chi connectivity index (χ0) is 14.3. The van der Waals surface area contributed by atoms with Crippen LogP contribution in [0.3, 0.4) is 0 Å². The summed E-state index contributed by atoms with van der Waals surface area (Å²) in [5, 5.41) is 10.8. The maximum atomic E-state index is 12.0. The molecule has 3 aromatic rings. The van der Waals surface area contributed by atoms with Crippen molar-refractivity contribution >= 4 is 11.0 Å². The van der Waals surface area contributed by atoms with Gasteiger partial charge in [-0.25, -0.2) is 0 Å². The van der Waals surface area contributed by atoms with E-state index >= 15 is 0 Å². The minimum Gasteiger partial charge on any atom is -0.493 e. The van der Waals surface area contributed by atoms with E-state index in [1.165, 1.54) is 0 Å². The lowest BCUT2D eigenvalue weighted by Crippen LogP contribution is -2.16. The van der Waals surface area contributed by atoms with Gasteiger partial charge >= 0.3 is 0 Å². The first kappa shape index (κ1) is 12.5. The number of aromatic amines is 1. The molecule has 1 aromatic carbocycles. The second-order valence-electron chi connectivity index (χ2n) is 4.95. The van der Waals surface area contributed by atoms with Crippen LogP contribution in [0.15, 0.2) is 39.5 Å². The Morgan fingerprint density at radius 3 is 2.70 bits per heavy atom. The van der Waals surface area contributed by atoms with Gasteiger partial charge in [0.05, 0.1) is 5.56 Å². The first-order valence-corrected chi connectivity index (χ1v) is 6.38. The quantitative estimate of drug-likeness (QED) is 0.750. The molecule has 0 saturated heterocycles. The highest BCUT2D eigenvalue weighted by Crippen LogP contribution is 2.27. The Balaban J connectivity index is 2.17. The highest BCUT2D eigenvalue weighted by molar-refractivity contribution is 5.81. The van der Waals surface area contributed by atoms with Crippen LogP contribution >= 0.6 is 0 Å². The van der Waals surface area contributed by atoms with Gasteiger partial charge in [0.1, 0.15) is 5.58 Å². The van der Waals surface area contributed by atoms with Gasteiger partial charge in [0, 0.05) is 5.39 Å². The SMILES string of the molecule is CC(C)c1c(O)nc(-c2cc3ccccc3o2)[nH]c1=O. The molecule has 3 rings (SSSR count). The summed E-state index contributed by atoms with van der Waals surface area (Å²) in [6.07, 6.45) is 0. The maximum Gasteiger partial charge on any atom is 0.258 e. The second kappa shape index (κ2) is 4.52. The topological polar surface area (TPSA) is 79.1 Å². The number of nitrogens with zero attached hydrogens (tertiary/aromatic N) is 1. The fourth-order valence-corrected chi connectivity index (χ4v) is 2.21. The van der Waals surface area contributed by atoms with E-state index in [0.717, 1.165) is 5.39 Å². The van der Waals surface area contributed by atoms with E-state index in [4.69, 9.17) is 4.42 Å². The molecule has 0 aliphatic rings. The lowest BCUT2D eigenvalue weighted by molar-refractivity contribution is 0.439. The zero-order valence-corrected chi connectivity index (χ0v) is 11.2. The van der Waals surface area contributed by atoms with Crippen LogP contribution in [0.25, 0.3) is 22.6 Å². The number of rotatable bonds is 2. The summed E-state index contributed by atoms with van der Waals surface area (Å²) in [6, 6.07) is 9.28. The standard InChI is InChI=1S/C15H14N2O3/c1-8(2)12-14(18)16-13(17-15(12)19)11-7-9-5-3-4-6-10(9)20-11/h3-8H,1-2H3,(H2,16,17,18,19). The molecule has 0 saturated carbocycles. The minimum atomic E-state index is -0.344. The lowest BCUT2D eigenvalue weighted by Gasteiger charge is -2.06. The Labute approximate surface area is 114 Å². The molecule has 2 N–H and O–H groups in total. The van der Waals surface area contributed by atoms with E-state index in [9.17, 15) is 9.90 Å². The van der Waals surface area contributed by atoms with Gasteiger partial charge in [-0.05, 0) is 18.1 Å². The van der Waals surface area contributed by atoms with Gasteiger partial charge in [0.25, 0.3) is 5.56 Å². The summed E-state index contributed by atoms with van der Waals surface area (Å²) in [5.41, 5.74) is 0.644. The molecule has 2 aromatic heterocycles. The van der Waals surface area contributed by atoms with E-state index in [-0.39, 0.29) is 28.7 Å². The predicted molar refractivity (Wildman–Crippen MR) is 75.8 cm³/mol. The van der Waals surface area contributed by atoms with Gasteiger partial charge in [-0.15, -0.1) is 0 Å². The summed E-state index contributed by atoms with van der Waals surface area (Å²) in [6.45, 7) is 3.65. The van der Waals surface area contributed by atoms with E-state index in [0.29, 0.717) is 11.3 Å². The minimum absolute atomic E-state index is 0.101. The van der Waals surface area contributed by atoms with Crippen molar-refractivity contribution in [2.45, 2.75) is 19.8 Å². The fourth-order valence-electron chi connectivity index (χ4n) is 2.21. The number of aromatic hydroxyl groups is 1. The fraction of sp³-hybridized carbons (Fsp3) is 0.200. The molecule has 5 heteroatoms. The van der Waals surface area contributed by atoms with Crippen molar-refractivity contribution in [3.8, 4) is 17.5 Å². The molecule has 102 valence electrons. The summed E-state index contributed by atoms with van der Waals surface area (Å²) in [5.74, 6) is 0.303. The molecule has 0 fully saturated rings. The summed E-state index contributed by atoms with van der Waals surface area (Å²) in [4.78, 5) is 18.7. The maximum absolute atomic E-state index is 12.0. The number of H-pyrrole nitrogens is 1. The monoisotopic (exact) mass is 270 g/mol. The number of aromatic nitrogens is 2. The highest BCUT2D eigenvalue weighted by atomic mass is 16.3. The third-order valence-corrected chi connectivity index (χ3v) is 3.17. The number of benzene rings is 1. The van der Waals surface area contributed by atoms with E-state index in [1.54, 1.807) is 6.07 Å². The predicted octanol–water partition coefficient (Wildman–Crippen LogP) is 3.01. The smallest absolute Gasteiger partial charge is 0.258 e. The molecule has 20 heavy (non-hydrogen) atoms. The van der Waals surface area contributed by atoms with Gasteiger partial charge in [-0.1, -0.05) is 32.0 Å². The Bertz CT molecular complexity index is 797. The van der Waals surface area contributed by atoms with Crippen LogP contribution in [-0.4, -0.2) is 15.1 Å². The second-order valence-corrected chi connectivity index (χ2v) is 4.95. The molecule has 0 unspecified atom stereocenters. The van der Waals surface area contributed by atoms with E-state index in [1.807, 2.05) is 38.1 Å². The van der Waals surface area contributed by atoms with Gasteiger partial charge in [0.15, 0.2) is 11.6 Å². The number of fused-ring (bicyclic) bond motifs is 1. The molecule has 0 aliphatic heterocycles. The third-order valence-electron chi connectivity index (χ3n) is 3.17. The first-order chi connectivity index (χ1) is 9.56. The van der Waals surface area contributed by atoms with Crippen LogP contribution in [0.5, 0.6) is 5.88 Å². The van der Waals surface area contributed by atoms with Crippen LogP contribution in [-0.2, 0) is 0 Å². The van der Waals surface area contributed by atoms with E-state index in [2.05, 4.69) is 9.97 Å². The van der Waals surface area contributed by atoms with Crippen LogP contribution in [0.1, 0.15) is 25.3 Å². The molecule has 0 radical (unpaired) electrons. The Morgan fingerprint density at radius 2 is 2.05 bits per heavy atom. The molecule has 0 amide bonds. The average molecular weight is 270 g/mol. The van der Waals surface area contributed by atoms with Gasteiger partial charge in [-0.2, -0.15) is 4.98 Å². The highest BCUT2D eigenvalue weighted by Gasteiger charge is 2.16. The van der Waals surface area contributed by atoms with Crippen molar-refractivity contribution in [1.82, 2.24) is 9.97 Å². The van der Waals surface area contributed by atoms with Crippen molar-refractivity contribution in [2.24, 2.45) is 0 Å². The average Bonchev–Trinajstić information content (AvgIpc) is 2.81. The van der Waals surface area contributed by atoms with E-state index < -0.39 is 0 Å². The lowest BCUT2D eigenvalue weighted by atomic mass is 10.1. The van der Waals surface area contributed by atoms with Gasteiger partial charge in [0.2, 0.25) is 5.88 Å². The van der Waals surface area contributed by atoms with Gasteiger partial charge in [-0.3, -0.25) is 4.79 Å². The number of hydrogen-bond donors (Lipinski definition) is 2. The van der Waals surface area contributed by atoms with Crippen molar-refractivity contribution in [1.29, 1.82) is 0 Å². The Morgan fingerprint density at radius 1 is 1.30 bits per heavy atom. The summed E-state index contributed by atoms with van der Waals surface area (Å²) in [7, 11) is 0. The van der Waals surface area contributed by atoms with Crippen LogP contribution in [0.2, 0.25) is 0 Å². The number of furan rings is 1.